The lowest BCUT2D eigenvalue weighted by atomic mass is 9.90. The molecule has 4 rings (SSSR count). The third kappa shape index (κ3) is 4.36. The van der Waals surface area contributed by atoms with Crippen molar-refractivity contribution in [3.8, 4) is 0 Å². The van der Waals surface area contributed by atoms with E-state index in [2.05, 4.69) is 17.2 Å². The molecule has 0 spiro atoms. The smallest absolute Gasteiger partial charge is 0.221 e. The number of hydrogen-bond donors (Lipinski definition) is 3. The number of fused-ring (bicyclic) bond motifs is 1. The number of carbonyl (C=O) groups is 1. The van der Waals surface area contributed by atoms with E-state index in [0.29, 0.717) is 17.7 Å². The van der Waals surface area contributed by atoms with E-state index < -0.39 is 0 Å². The number of amides is 1. The summed E-state index contributed by atoms with van der Waals surface area (Å²) in [6.07, 6.45) is 2.47. The maximum Gasteiger partial charge on any atom is 0.221 e. The minimum Gasteiger partial charge on any atom is -0.392 e. The van der Waals surface area contributed by atoms with Crippen molar-refractivity contribution in [2.75, 3.05) is 10.3 Å². The van der Waals surface area contributed by atoms with Gasteiger partial charge in [-0.1, -0.05) is 18.2 Å². The molecule has 3 aromatic rings. The number of rotatable bonds is 5. The summed E-state index contributed by atoms with van der Waals surface area (Å²) in [7, 11) is 0. The maximum absolute atomic E-state index is 11.4. The summed E-state index contributed by atoms with van der Waals surface area (Å²) in [6.45, 7) is 3.27. The molecule has 0 aliphatic carbocycles. The van der Waals surface area contributed by atoms with Gasteiger partial charge in [-0.25, -0.2) is 9.99 Å². The average Bonchev–Trinajstić information content (AvgIpc) is 3.24. The normalized spacial score (nSPS) is 15.8. The highest BCUT2D eigenvalue weighted by atomic mass is 32.1. The van der Waals surface area contributed by atoms with Gasteiger partial charge in [0.2, 0.25) is 11.0 Å². The Morgan fingerprint density at radius 3 is 2.52 bits per heavy atom. The fraction of sp³-hybridized carbons (Fsp3) is 0.261. The zero-order valence-corrected chi connectivity index (χ0v) is 18.2. The van der Waals surface area contributed by atoms with Crippen LogP contribution in [-0.4, -0.2) is 32.9 Å². The molecule has 3 N–H and O–H groups in total. The molecule has 1 unspecified atom stereocenters. The van der Waals surface area contributed by atoms with Crippen molar-refractivity contribution in [1.29, 1.82) is 0 Å². The van der Waals surface area contributed by atoms with Crippen LogP contribution in [0.5, 0.6) is 0 Å². The number of benzene rings is 2. The first-order valence-electron chi connectivity index (χ1n) is 10.0. The van der Waals surface area contributed by atoms with Gasteiger partial charge in [0.15, 0.2) is 0 Å². The molecule has 160 valence electrons. The largest absolute Gasteiger partial charge is 0.392 e. The van der Waals surface area contributed by atoms with Gasteiger partial charge >= 0.3 is 0 Å². The number of hydrogen-bond acceptors (Lipinski definition) is 7. The standard InChI is InChI=1S/C23H24N4O3S/c1-14-9-17-10-18(12-28)19(13-29)11-21(17)22(26-27(14)23-24-7-8-31-23)16-3-5-20(6-4-16)25-15(2)30/h3-8,10-11,14,28-29H,9,12-13H2,1-2H3,(H,25,30). The van der Waals surface area contributed by atoms with E-state index in [1.165, 1.54) is 18.3 Å². The third-order valence-corrected chi connectivity index (χ3v) is 6.02. The molecule has 2 heterocycles. The molecule has 0 saturated carbocycles. The SMILES string of the molecule is CC(=O)Nc1ccc(C2=NN(c3nccs3)C(C)Cc3cc(CO)c(CO)cc32)cc1. The molecule has 8 heteroatoms. The molecule has 7 nitrogen and oxygen atoms in total. The van der Waals surface area contributed by atoms with Crippen molar-refractivity contribution in [3.05, 3.63) is 75.8 Å². The van der Waals surface area contributed by atoms with Gasteiger partial charge in [0, 0.05) is 35.3 Å². The summed E-state index contributed by atoms with van der Waals surface area (Å²) in [5.74, 6) is -0.127. The lowest BCUT2D eigenvalue weighted by molar-refractivity contribution is -0.114. The zero-order chi connectivity index (χ0) is 22.0. The van der Waals surface area contributed by atoms with Crippen LogP contribution in [-0.2, 0) is 24.4 Å². The van der Waals surface area contributed by atoms with Gasteiger partial charge in [-0.2, -0.15) is 5.10 Å². The number of aliphatic hydroxyl groups is 2. The Labute approximate surface area is 184 Å². The van der Waals surface area contributed by atoms with Crippen molar-refractivity contribution < 1.29 is 15.0 Å². The minimum absolute atomic E-state index is 0.0487. The monoisotopic (exact) mass is 436 g/mol. The van der Waals surface area contributed by atoms with Gasteiger partial charge in [0.05, 0.1) is 25.0 Å². The predicted octanol–water partition coefficient (Wildman–Crippen LogP) is 3.29. The fourth-order valence-electron chi connectivity index (χ4n) is 3.78. The Morgan fingerprint density at radius 2 is 1.90 bits per heavy atom. The lowest BCUT2D eigenvalue weighted by Gasteiger charge is -2.22. The Bertz CT molecular complexity index is 1110. The third-order valence-electron chi connectivity index (χ3n) is 5.26. The molecule has 0 fully saturated rings. The molecule has 1 atom stereocenters. The summed E-state index contributed by atoms with van der Waals surface area (Å²) in [5.41, 5.74) is 5.71. The Balaban J connectivity index is 1.87. The number of aromatic nitrogens is 1. The van der Waals surface area contributed by atoms with Crippen LogP contribution in [0.1, 0.15) is 41.7 Å². The number of hydrazone groups is 1. The number of carbonyl (C=O) groups excluding carboxylic acids is 1. The van der Waals surface area contributed by atoms with Gasteiger partial charge in [-0.3, -0.25) is 4.79 Å². The molecule has 31 heavy (non-hydrogen) atoms. The molecule has 0 saturated heterocycles. The average molecular weight is 437 g/mol. The first kappa shape index (κ1) is 21.2. The van der Waals surface area contributed by atoms with Crippen LogP contribution < -0.4 is 10.3 Å². The number of nitrogens with one attached hydrogen (secondary N) is 1. The summed E-state index contributed by atoms with van der Waals surface area (Å²) in [6, 6.07) is 11.5. The molecule has 1 aromatic heterocycles. The number of thiazole rings is 1. The summed E-state index contributed by atoms with van der Waals surface area (Å²) < 4.78 is 0. The lowest BCUT2D eigenvalue weighted by Crippen LogP contribution is -2.29. The highest BCUT2D eigenvalue weighted by molar-refractivity contribution is 7.13. The number of aliphatic hydroxyl groups excluding tert-OH is 2. The van der Waals surface area contributed by atoms with E-state index in [0.717, 1.165) is 33.1 Å². The van der Waals surface area contributed by atoms with Crippen LogP contribution in [0.3, 0.4) is 0 Å². The van der Waals surface area contributed by atoms with Crippen molar-refractivity contribution in [2.45, 2.75) is 39.5 Å². The van der Waals surface area contributed by atoms with E-state index >= 15 is 0 Å². The number of nitrogens with zero attached hydrogens (tertiary/aromatic N) is 3. The van der Waals surface area contributed by atoms with E-state index in [-0.39, 0.29) is 25.2 Å². The second kappa shape index (κ2) is 8.97. The molecular formula is C23H24N4O3S. The van der Waals surface area contributed by atoms with Crippen LogP contribution in [0.4, 0.5) is 10.8 Å². The predicted molar refractivity (Wildman–Crippen MR) is 122 cm³/mol. The molecule has 0 bridgehead atoms. The van der Waals surface area contributed by atoms with Gasteiger partial charge in [0.1, 0.15) is 0 Å². The molecule has 2 aromatic carbocycles. The summed E-state index contributed by atoms with van der Waals surface area (Å²) in [4.78, 5) is 15.8. The topological polar surface area (TPSA) is 98.1 Å². The fourth-order valence-corrected chi connectivity index (χ4v) is 4.47. The minimum atomic E-state index is -0.163. The highest BCUT2D eigenvalue weighted by Gasteiger charge is 2.26. The zero-order valence-electron chi connectivity index (χ0n) is 17.4. The van der Waals surface area contributed by atoms with Gasteiger partial charge < -0.3 is 15.5 Å². The van der Waals surface area contributed by atoms with Crippen LogP contribution >= 0.6 is 11.3 Å². The molecular weight excluding hydrogens is 412 g/mol. The highest BCUT2D eigenvalue weighted by Crippen LogP contribution is 2.31. The van der Waals surface area contributed by atoms with Crippen molar-refractivity contribution in [3.63, 3.8) is 0 Å². The second-order valence-corrected chi connectivity index (χ2v) is 8.39. The van der Waals surface area contributed by atoms with E-state index in [1.54, 1.807) is 6.20 Å². The molecule has 1 aliphatic heterocycles. The number of anilines is 2. The van der Waals surface area contributed by atoms with Crippen LogP contribution in [0.2, 0.25) is 0 Å². The van der Waals surface area contributed by atoms with E-state index in [1.807, 2.05) is 46.8 Å². The van der Waals surface area contributed by atoms with Crippen molar-refractivity contribution in [1.82, 2.24) is 4.98 Å². The molecule has 0 radical (unpaired) electrons. The van der Waals surface area contributed by atoms with Crippen molar-refractivity contribution >= 4 is 33.8 Å². The van der Waals surface area contributed by atoms with Crippen LogP contribution in [0.15, 0.2) is 53.1 Å². The Hall–Kier alpha value is -3.07. The quantitative estimate of drug-likeness (QED) is 0.570. The first-order chi connectivity index (χ1) is 15.0. The van der Waals surface area contributed by atoms with Crippen molar-refractivity contribution in [2.24, 2.45) is 5.10 Å². The van der Waals surface area contributed by atoms with E-state index in [4.69, 9.17) is 5.10 Å². The summed E-state index contributed by atoms with van der Waals surface area (Å²) in [5, 5.41) is 32.1. The summed E-state index contributed by atoms with van der Waals surface area (Å²) >= 11 is 1.52. The van der Waals surface area contributed by atoms with Gasteiger partial charge in [-0.15, -0.1) is 11.3 Å². The van der Waals surface area contributed by atoms with E-state index in [9.17, 15) is 15.0 Å². The van der Waals surface area contributed by atoms with Crippen LogP contribution in [0.25, 0.3) is 0 Å². The second-order valence-electron chi connectivity index (χ2n) is 7.51. The van der Waals surface area contributed by atoms with Gasteiger partial charge in [-0.05, 0) is 48.2 Å². The van der Waals surface area contributed by atoms with Gasteiger partial charge in [0.25, 0.3) is 0 Å². The first-order valence-corrected chi connectivity index (χ1v) is 10.9. The maximum atomic E-state index is 11.4. The molecule has 1 amide bonds. The Kier molecular flexibility index (Phi) is 6.13. The Morgan fingerprint density at radius 1 is 1.19 bits per heavy atom. The van der Waals surface area contributed by atoms with Crippen LogP contribution in [0, 0.1) is 0 Å². The molecule has 1 aliphatic rings.